The van der Waals surface area contributed by atoms with E-state index in [1.54, 1.807) is 0 Å². The van der Waals surface area contributed by atoms with Gasteiger partial charge in [0, 0.05) is 0 Å². The number of hydrogen-bond donors (Lipinski definition) is 1. The van der Waals surface area contributed by atoms with Crippen LogP contribution in [0.1, 0.15) is 11.1 Å². The molecule has 0 aliphatic heterocycles. The summed E-state index contributed by atoms with van der Waals surface area (Å²) >= 11 is 0. The minimum atomic E-state index is -4.51. The molecule has 0 aliphatic rings. The number of phenols is 1. The summed E-state index contributed by atoms with van der Waals surface area (Å²) in [6.45, 7) is -0.207. The first-order valence-electron chi connectivity index (χ1n) is 5.64. The summed E-state index contributed by atoms with van der Waals surface area (Å²) in [5.41, 5.74) is -0.521. The average molecular weight is 286 g/mol. The molecule has 1 N–H and O–H groups in total. The zero-order valence-electron chi connectivity index (χ0n) is 10.1. The van der Waals surface area contributed by atoms with Gasteiger partial charge >= 0.3 is 6.18 Å². The first-order chi connectivity index (χ1) is 9.38. The van der Waals surface area contributed by atoms with Crippen LogP contribution in [0.5, 0.6) is 11.5 Å². The fraction of sp³-hybridized carbons (Fsp3) is 0.143. The van der Waals surface area contributed by atoms with Crippen molar-refractivity contribution < 1.29 is 27.4 Å². The van der Waals surface area contributed by atoms with Gasteiger partial charge in [0.15, 0.2) is 11.6 Å². The molecule has 0 amide bonds. The number of phenolic OH excluding ortho intramolecular Hbond substituents is 1. The molecule has 0 heterocycles. The second-order valence-corrected chi connectivity index (χ2v) is 4.07. The quantitative estimate of drug-likeness (QED) is 0.860. The van der Waals surface area contributed by atoms with Crippen LogP contribution in [0.3, 0.4) is 0 Å². The molecule has 0 radical (unpaired) electrons. The van der Waals surface area contributed by atoms with Crippen molar-refractivity contribution in [1.29, 1.82) is 0 Å². The average Bonchev–Trinajstić information content (AvgIpc) is 2.39. The number of hydrogen-bond acceptors (Lipinski definition) is 2. The van der Waals surface area contributed by atoms with Gasteiger partial charge in [-0.3, -0.25) is 0 Å². The van der Waals surface area contributed by atoms with E-state index in [2.05, 4.69) is 0 Å². The molecule has 0 aromatic heterocycles. The topological polar surface area (TPSA) is 29.5 Å². The monoisotopic (exact) mass is 286 g/mol. The minimum absolute atomic E-state index is 0.207. The molecule has 0 fully saturated rings. The lowest BCUT2D eigenvalue weighted by atomic mass is 10.2. The predicted molar refractivity (Wildman–Crippen MR) is 63.8 cm³/mol. The lowest BCUT2D eigenvalue weighted by Gasteiger charge is -2.13. The van der Waals surface area contributed by atoms with E-state index >= 15 is 0 Å². The van der Waals surface area contributed by atoms with Gasteiger partial charge in [-0.05, 0) is 29.8 Å². The van der Waals surface area contributed by atoms with Crippen LogP contribution in [0.15, 0.2) is 42.5 Å². The third kappa shape index (κ3) is 3.20. The molecule has 0 atom stereocenters. The van der Waals surface area contributed by atoms with E-state index in [0.29, 0.717) is 5.56 Å². The van der Waals surface area contributed by atoms with Crippen molar-refractivity contribution in [2.75, 3.05) is 0 Å². The lowest BCUT2D eigenvalue weighted by molar-refractivity contribution is -0.139. The van der Waals surface area contributed by atoms with Crippen LogP contribution in [0.25, 0.3) is 0 Å². The maximum absolute atomic E-state index is 12.8. The van der Waals surface area contributed by atoms with Crippen molar-refractivity contribution in [2.24, 2.45) is 0 Å². The Morgan fingerprint density at radius 3 is 2.40 bits per heavy atom. The highest BCUT2D eigenvalue weighted by Crippen LogP contribution is 2.36. The minimum Gasteiger partial charge on any atom is -0.505 e. The highest BCUT2D eigenvalue weighted by Gasteiger charge is 2.33. The standard InChI is InChI=1S/C14H10F4O2/c15-11-6-5-9(7-12(11)19)8-20-13-4-2-1-3-10(13)14(16,17)18/h1-7,19H,8H2. The molecule has 0 unspecified atom stereocenters. The number of benzene rings is 2. The molecule has 2 aromatic rings. The van der Waals surface area contributed by atoms with Gasteiger partial charge in [-0.15, -0.1) is 0 Å². The Morgan fingerprint density at radius 2 is 1.75 bits per heavy atom. The number of aromatic hydroxyl groups is 1. The third-order valence-corrected chi connectivity index (χ3v) is 2.60. The van der Waals surface area contributed by atoms with Crippen LogP contribution in [0.2, 0.25) is 0 Å². The molecule has 2 aromatic carbocycles. The number of ether oxygens (including phenoxy) is 1. The summed E-state index contributed by atoms with van der Waals surface area (Å²) < 4.78 is 56.1. The molecule has 0 aliphatic carbocycles. The van der Waals surface area contributed by atoms with E-state index < -0.39 is 23.3 Å². The summed E-state index contributed by atoms with van der Waals surface area (Å²) in [6.07, 6.45) is -4.51. The fourth-order valence-corrected chi connectivity index (χ4v) is 1.64. The van der Waals surface area contributed by atoms with Crippen molar-refractivity contribution in [3.05, 3.63) is 59.4 Å². The number of para-hydroxylation sites is 1. The maximum atomic E-state index is 12.8. The van der Waals surface area contributed by atoms with Gasteiger partial charge in [-0.2, -0.15) is 13.2 Å². The fourth-order valence-electron chi connectivity index (χ4n) is 1.64. The molecular formula is C14H10F4O2. The molecule has 106 valence electrons. The van der Waals surface area contributed by atoms with Gasteiger partial charge in [-0.1, -0.05) is 18.2 Å². The van der Waals surface area contributed by atoms with E-state index in [0.717, 1.165) is 18.2 Å². The summed E-state index contributed by atoms with van der Waals surface area (Å²) in [6, 6.07) is 8.25. The second kappa shape index (κ2) is 5.40. The predicted octanol–water partition coefficient (Wildman–Crippen LogP) is 4.13. The maximum Gasteiger partial charge on any atom is 0.419 e. The summed E-state index contributed by atoms with van der Waals surface area (Å²) in [7, 11) is 0. The molecule has 0 saturated carbocycles. The van der Waals surface area contributed by atoms with Crippen molar-refractivity contribution in [2.45, 2.75) is 12.8 Å². The molecule has 0 bridgehead atoms. The van der Waals surface area contributed by atoms with Gasteiger partial charge in [0.05, 0.1) is 5.56 Å². The lowest BCUT2D eigenvalue weighted by Crippen LogP contribution is -2.08. The Kier molecular flexibility index (Phi) is 3.83. The highest BCUT2D eigenvalue weighted by molar-refractivity contribution is 5.36. The molecule has 0 spiro atoms. The first-order valence-corrected chi connectivity index (χ1v) is 5.64. The summed E-state index contributed by atoms with van der Waals surface area (Å²) in [5.74, 6) is -1.69. The molecule has 0 saturated heterocycles. The first kappa shape index (κ1) is 14.2. The largest absolute Gasteiger partial charge is 0.505 e. The molecule has 6 heteroatoms. The van der Waals surface area contributed by atoms with Crippen molar-refractivity contribution >= 4 is 0 Å². The van der Waals surface area contributed by atoms with Crippen molar-refractivity contribution in [3.63, 3.8) is 0 Å². The molecular weight excluding hydrogens is 276 g/mol. The Labute approximate surface area is 112 Å². The van der Waals surface area contributed by atoms with Crippen molar-refractivity contribution in [3.8, 4) is 11.5 Å². The van der Waals surface area contributed by atoms with Crippen LogP contribution >= 0.6 is 0 Å². The normalized spacial score (nSPS) is 11.4. The Balaban J connectivity index is 2.17. The Hall–Kier alpha value is -2.24. The van der Waals surface area contributed by atoms with Crippen LogP contribution in [0, 0.1) is 5.82 Å². The van der Waals surface area contributed by atoms with E-state index in [9.17, 15) is 22.7 Å². The zero-order chi connectivity index (χ0) is 14.8. The van der Waals surface area contributed by atoms with E-state index in [4.69, 9.17) is 4.74 Å². The van der Waals surface area contributed by atoms with Crippen LogP contribution in [0.4, 0.5) is 17.6 Å². The van der Waals surface area contributed by atoms with Crippen LogP contribution in [-0.2, 0) is 12.8 Å². The number of rotatable bonds is 3. The Morgan fingerprint density at radius 1 is 1.05 bits per heavy atom. The smallest absolute Gasteiger partial charge is 0.419 e. The van der Waals surface area contributed by atoms with Crippen LogP contribution in [-0.4, -0.2) is 5.11 Å². The van der Waals surface area contributed by atoms with Gasteiger partial charge < -0.3 is 9.84 Å². The highest BCUT2D eigenvalue weighted by atomic mass is 19.4. The third-order valence-electron chi connectivity index (χ3n) is 2.60. The van der Waals surface area contributed by atoms with Gasteiger partial charge in [0.2, 0.25) is 0 Å². The van der Waals surface area contributed by atoms with E-state index in [-0.39, 0.29) is 12.4 Å². The van der Waals surface area contributed by atoms with Gasteiger partial charge in [-0.25, -0.2) is 4.39 Å². The number of alkyl halides is 3. The summed E-state index contributed by atoms with van der Waals surface area (Å²) in [5, 5.41) is 9.17. The van der Waals surface area contributed by atoms with E-state index in [1.165, 1.54) is 24.3 Å². The van der Waals surface area contributed by atoms with Gasteiger partial charge in [0.1, 0.15) is 12.4 Å². The number of halogens is 4. The Bertz CT molecular complexity index is 608. The molecule has 20 heavy (non-hydrogen) atoms. The molecule has 2 rings (SSSR count). The van der Waals surface area contributed by atoms with Crippen LogP contribution < -0.4 is 4.74 Å². The zero-order valence-corrected chi connectivity index (χ0v) is 10.1. The second-order valence-electron chi connectivity index (χ2n) is 4.07. The molecule has 2 nitrogen and oxygen atoms in total. The summed E-state index contributed by atoms with van der Waals surface area (Å²) in [4.78, 5) is 0. The van der Waals surface area contributed by atoms with Crippen molar-refractivity contribution in [1.82, 2.24) is 0 Å². The van der Waals surface area contributed by atoms with Gasteiger partial charge in [0.25, 0.3) is 0 Å². The van der Waals surface area contributed by atoms with E-state index in [1.807, 2.05) is 0 Å². The SMILES string of the molecule is Oc1cc(COc2ccccc2C(F)(F)F)ccc1F.